The number of nitrogens with zero attached hydrogens (tertiary/aromatic N) is 2. The van der Waals surface area contributed by atoms with Crippen LogP contribution in [-0.2, 0) is 0 Å². The number of alkyl halides is 3. The molecule has 1 aromatic rings. The lowest BCUT2D eigenvalue weighted by molar-refractivity contribution is -0.274. The number of aromatic nitrogens is 1. The molecule has 0 bridgehead atoms. The van der Waals surface area contributed by atoms with Crippen LogP contribution in [0.4, 0.5) is 23.2 Å². The highest BCUT2D eigenvalue weighted by Gasteiger charge is 2.34. The van der Waals surface area contributed by atoms with Gasteiger partial charge in [-0.3, -0.25) is 0 Å². The standard InChI is InChI=1S/C7H3F4N3O/c8-6-3(1-12)5(4(13)2-14-6)15-7(9,10)11/h2H,13H2. The van der Waals surface area contributed by atoms with Crippen molar-refractivity contribution in [2.24, 2.45) is 0 Å². The first-order valence-electron chi connectivity index (χ1n) is 3.45. The Balaban J connectivity index is 3.28. The van der Waals surface area contributed by atoms with Gasteiger partial charge in [-0.1, -0.05) is 0 Å². The predicted molar refractivity (Wildman–Crippen MR) is 40.0 cm³/mol. The molecule has 0 radical (unpaired) electrons. The SMILES string of the molecule is N#Cc1c(F)ncc(N)c1OC(F)(F)F. The fourth-order valence-electron chi connectivity index (χ4n) is 0.810. The Kier molecular flexibility index (Phi) is 2.65. The van der Waals surface area contributed by atoms with Gasteiger partial charge in [0, 0.05) is 0 Å². The molecule has 0 unspecified atom stereocenters. The fraction of sp³-hybridized carbons (Fsp3) is 0.143. The Morgan fingerprint density at radius 2 is 2.07 bits per heavy atom. The van der Waals surface area contributed by atoms with Crippen LogP contribution in [0.2, 0.25) is 0 Å². The van der Waals surface area contributed by atoms with Crippen molar-refractivity contribution in [1.29, 1.82) is 5.26 Å². The van der Waals surface area contributed by atoms with Crippen molar-refractivity contribution in [3.63, 3.8) is 0 Å². The van der Waals surface area contributed by atoms with Crippen LogP contribution < -0.4 is 10.5 Å². The summed E-state index contributed by atoms with van der Waals surface area (Å²) in [5, 5.41) is 8.39. The minimum absolute atomic E-state index is 0.565. The molecular weight excluding hydrogens is 218 g/mol. The Labute approximate surface area is 80.9 Å². The third-order valence-corrected chi connectivity index (χ3v) is 1.34. The van der Waals surface area contributed by atoms with Crippen molar-refractivity contribution in [3.8, 4) is 11.8 Å². The van der Waals surface area contributed by atoms with Gasteiger partial charge in [0.05, 0.1) is 11.9 Å². The lowest BCUT2D eigenvalue weighted by atomic mass is 10.2. The average Bonchev–Trinajstić information content (AvgIpc) is 2.10. The molecule has 80 valence electrons. The van der Waals surface area contributed by atoms with E-state index in [-0.39, 0.29) is 0 Å². The highest BCUT2D eigenvalue weighted by molar-refractivity contribution is 5.59. The van der Waals surface area contributed by atoms with Crippen molar-refractivity contribution in [1.82, 2.24) is 4.98 Å². The average molecular weight is 221 g/mol. The number of rotatable bonds is 1. The van der Waals surface area contributed by atoms with Crippen LogP contribution in [0.1, 0.15) is 5.56 Å². The second-order valence-electron chi connectivity index (χ2n) is 2.37. The van der Waals surface area contributed by atoms with Gasteiger partial charge >= 0.3 is 6.36 Å². The third kappa shape index (κ3) is 2.46. The van der Waals surface area contributed by atoms with Crippen molar-refractivity contribution in [2.45, 2.75) is 6.36 Å². The van der Waals surface area contributed by atoms with Gasteiger partial charge in [0.1, 0.15) is 6.07 Å². The smallest absolute Gasteiger partial charge is 0.402 e. The van der Waals surface area contributed by atoms with Crippen molar-refractivity contribution in [3.05, 3.63) is 17.7 Å². The highest BCUT2D eigenvalue weighted by atomic mass is 19.4. The molecule has 2 N–H and O–H groups in total. The molecule has 0 aromatic carbocycles. The number of hydrogen-bond acceptors (Lipinski definition) is 4. The Morgan fingerprint density at radius 3 is 2.53 bits per heavy atom. The van der Waals surface area contributed by atoms with E-state index < -0.39 is 29.3 Å². The summed E-state index contributed by atoms with van der Waals surface area (Å²) >= 11 is 0. The molecule has 0 saturated heterocycles. The van der Waals surface area contributed by atoms with Gasteiger partial charge in [-0.15, -0.1) is 13.2 Å². The summed E-state index contributed by atoms with van der Waals surface area (Å²) in [4.78, 5) is 2.98. The number of ether oxygens (including phenoxy) is 1. The summed E-state index contributed by atoms with van der Waals surface area (Å²) in [7, 11) is 0. The number of nitriles is 1. The second kappa shape index (κ2) is 3.61. The fourth-order valence-corrected chi connectivity index (χ4v) is 0.810. The summed E-state index contributed by atoms with van der Waals surface area (Å²) in [6.07, 6.45) is -4.41. The quantitative estimate of drug-likeness (QED) is 0.577. The maximum Gasteiger partial charge on any atom is 0.573 e. The van der Waals surface area contributed by atoms with Gasteiger partial charge in [-0.05, 0) is 0 Å². The van der Waals surface area contributed by atoms with E-state index in [1.54, 1.807) is 0 Å². The molecule has 1 rings (SSSR count). The lowest BCUT2D eigenvalue weighted by Crippen LogP contribution is -2.19. The molecule has 0 atom stereocenters. The topological polar surface area (TPSA) is 71.9 Å². The predicted octanol–water partition coefficient (Wildman–Crippen LogP) is 1.57. The van der Waals surface area contributed by atoms with Gasteiger partial charge in [-0.25, -0.2) is 4.98 Å². The van der Waals surface area contributed by atoms with E-state index in [1.807, 2.05) is 0 Å². The van der Waals surface area contributed by atoms with E-state index in [2.05, 4.69) is 9.72 Å². The first-order chi connectivity index (χ1) is 6.85. The maximum atomic E-state index is 12.8. The first kappa shape index (κ1) is 11.0. The summed E-state index contributed by atoms with van der Waals surface area (Å²) in [5.74, 6) is -2.44. The summed E-state index contributed by atoms with van der Waals surface area (Å²) < 4.78 is 51.7. The molecule has 0 aliphatic heterocycles. The molecule has 0 spiro atoms. The lowest BCUT2D eigenvalue weighted by Gasteiger charge is -2.11. The monoisotopic (exact) mass is 221 g/mol. The van der Waals surface area contributed by atoms with Crippen LogP contribution in [0.25, 0.3) is 0 Å². The summed E-state index contributed by atoms with van der Waals surface area (Å²) in [6, 6.07) is 1.18. The first-order valence-corrected chi connectivity index (χ1v) is 3.45. The molecule has 0 saturated carbocycles. The van der Waals surface area contributed by atoms with Gasteiger partial charge in [0.2, 0.25) is 5.95 Å². The van der Waals surface area contributed by atoms with Gasteiger partial charge in [0.15, 0.2) is 11.3 Å². The van der Waals surface area contributed by atoms with Crippen LogP contribution in [0.3, 0.4) is 0 Å². The molecule has 0 amide bonds. The normalized spacial score (nSPS) is 10.9. The van der Waals surface area contributed by atoms with E-state index in [4.69, 9.17) is 11.0 Å². The van der Waals surface area contributed by atoms with Crippen molar-refractivity contribution in [2.75, 3.05) is 5.73 Å². The van der Waals surface area contributed by atoms with E-state index in [9.17, 15) is 17.6 Å². The van der Waals surface area contributed by atoms with Gasteiger partial charge in [0.25, 0.3) is 0 Å². The van der Waals surface area contributed by atoms with E-state index >= 15 is 0 Å². The molecular formula is C7H3F4N3O. The summed E-state index contributed by atoms with van der Waals surface area (Å²) in [6.45, 7) is 0. The zero-order valence-corrected chi connectivity index (χ0v) is 6.97. The number of nitrogens with two attached hydrogens (primary N) is 1. The Morgan fingerprint density at radius 1 is 1.47 bits per heavy atom. The zero-order valence-electron chi connectivity index (χ0n) is 6.97. The molecule has 8 heteroatoms. The minimum atomic E-state index is -5.05. The van der Waals surface area contributed by atoms with Crippen LogP contribution in [0, 0.1) is 17.3 Å². The number of nitrogen functional groups attached to an aromatic ring is 1. The van der Waals surface area contributed by atoms with E-state index in [0.29, 0.717) is 6.20 Å². The minimum Gasteiger partial charge on any atom is -0.402 e. The van der Waals surface area contributed by atoms with Crippen LogP contribution in [0.15, 0.2) is 6.20 Å². The van der Waals surface area contributed by atoms with Crippen molar-refractivity contribution >= 4 is 5.69 Å². The Hall–Kier alpha value is -2.04. The molecule has 1 heterocycles. The molecule has 0 fully saturated rings. The molecule has 1 aromatic heterocycles. The molecule has 0 aliphatic carbocycles. The largest absolute Gasteiger partial charge is 0.573 e. The van der Waals surface area contributed by atoms with Crippen LogP contribution >= 0.6 is 0 Å². The second-order valence-corrected chi connectivity index (χ2v) is 2.37. The number of pyridine rings is 1. The van der Waals surface area contributed by atoms with E-state index in [0.717, 1.165) is 0 Å². The molecule has 15 heavy (non-hydrogen) atoms. The van der Waals surface area contributed by atoms with Crippen molar-refractivity contribution < 1.29 is 22.3 Å². The van der Waals surface area contributed by atoms with Crippen LogP contribution in [0.5, 0.6) is 5.75 Å². The molecule has 0 aliphatic rings. The number of anilines is 1. The summed E-state index contributed by atoms with van der Waals surface area (Å²) in [5.41, 5.74) is 3.52. The van der Waals surface area contributed by atoms with Gasteiger partial charge in [-0.2, -0.15) is 9.65 Å². The number of halogens is 4. The Bertz CT molecular complexity index is 423. The third-order valence-electron chi connectivity index (χ3n) is 1.34. The van der Waals surface area contributed by atoms with Gasteiger partial charge < -0.3 is 10.5 Å². The highest BCUT2D eigenvalue weighted by Crippen LogP contribution is 2.31. The maximum absolute atomic E-state index is 12.8. The van der Waals surface area contributed by atoms with Crippen LogP contribution in [-0.4, -0.2) is 11.3 Å². The van der Waals surface area contributed by atoms with E-state index in [1.165, 1.54) is 6.07 Å². The number of hydrogen-bond donors (Lipinski definition) is 1. The zero-order chi connectivity index (χ0) is 11.6. The molecule has 4 nitrogen and oxygen atoms in total.